The van der Waals surface area contributed by atoms with Gasteiger partial charge in [-0.3, -0.25) is 4.79 Å². The highest BCUT2D eigenvalue weighted by Crippen LogP contribution is 2.20. The summed E-state index contributed by atoms with van der Waals surface area (Å²) in [6.45, 7) is 2.53. The smallest absolute Gasteiger partial charge is 0.227 e. The van der Waals surface area contributed by atoms with E-state index in [9.17, 15) is 4.79 Å². The minimum absolute atomic E-state index is 0.0329. The number of nitrogens with zero attached hydrogens (tertiary/aromatic N) is 2. The number of aromatic nitrogens is 2. The predicted octanol–water partition coefficient (Wildman–Crippen LogP) is 3.29. The van der Waals surface area contributed by atoms with Crippen LogP contribution >= 0.6 is 0 Å². The molecule has 0 fully saturated rings. The van der Waals surface area contributed by atoms with Crippen molar-refractivity contribution in [2.45, 2.75) is 26.3 Å². The fourth-order valence-corrected chi connectivity index (χ4v) is 2.39. The molecule has 0 bridgehead atoms. The lowest BCUT2D eigenvalue weighted by Crippen LogP contribution is -2.22. The van der Waals surface area contributed by atoms with E-state index in [0.717, 1.165) is 16.7 Å². The highest BCUT2D eigenvalue weighted by atomic mass is 16.5. The molecule has 0 radical (unpaired) electrons. The highest BCUT2D eigenvalue weighted by molar-refractivity contribution is 5.76. The maximum Gasteiger partial charge on any atom is 0.227 e. The maximum absolute atomic E-state index is 11.9. The summed E-state index contributed by atoms with van der Waals surface area (Å²) in [6.07, 6.45) is 0.752. The Labute approximate surface area is 140 Å². The van der Waals surface area contributed by atoms with Gasteiger partial charge in [0.1, 0.15) is 0 Å². The third-order valence-corrected chi connectivity index (χ3v) is 3.75. The summed E-state index contributed by atoms with van der Waals surface area (Å²) in [6, 6.07) is 17.7. The van der Waals surface area contributed by atoms with Gasteiger partial charge in [-0.25, -0.2) is 0 Å². The molecular formula is C19H19N3O2. The van der Waals surface area contributed by atoms with Gasteiger partial charge in [-0.15, -0.1) is 0 Å². The maximum atomic E-state index is 11.9. The van der Waals surface area contributed by atoms with Gasteiger partial charge in [0.25, 0.3) is 0 Å². The number of amides is 1. The zero-order valence-corrected chi connectivity index (χ0v) is 13.5. The Kier molecular flexibility index (Phi) is 5.01. The van der Waals surface area contributed by atoms with Crippen molar-refractivity contribution in [3.8, 4) is 11.4 Å². The van der Waals surface area contributed by atoms with Gasteiger partial charge in [-0.05, 0) is 18.1 Å². The lowest BCUT2D eigenvalue weighted by molar-refractivity contribution is -0.121. The molecule has 3 aromatic rings. The fourth-order valence-electron chi connectivity index (χ4n) is 2.39. The van der Waals surface area contributed by atoms with Crippen molar-refractivity contribution in [2.24, 2.45) is 0 Å². The third kappa shape index (κ3) is 4.07. The lowest BCUT2D eigenvalue weighted by Gasteiger charge is -2.03. The van der Waals surface area contributed by atoms with E-state index >= 15 is 0 Å². The first-order valence-electron chi connectivity index (χ1n) is 7.91. The monoisotopic (exact) mass is 321 g/mol. The summed E-state index contributed by atoms with van der Waals surface area (Å²) in [5.74, 6) is 1.01. The molecule has 1 N–H and O–H groups in total. The molecule has 0 saturated heterocycles. The number of nitrogens with one attached hydrogen (secondary N) is 1. The third-order valence-electron chi connectivity index (χ3n) is 3.75. The Morgan fingerprint density at radius 1 is 1.08 bits per heavy atom. The van der Waals surface area contributed by atoms with Crippen LogP contribution in [-0.2, 0) is 17.8 Å². The van der Waals surface area contributed by atoms with Crippen molar-refractivity contribution >= 4 is 5.91 Å². The molecule has 122 valence electrons. The molecule has 0 aliphatic rings. The number of aryl methyl sites for hydroxylation is 2. The summed E-state index contributed by atoms with van der Waals surface area (Å²) in [7, 11) is 0. The molecule has 0 saturated carbocycles. The Morgan fingerprint density at radius 3 is 2.62 bits per heavy atom. The molecule has 5 heteroatoms. The van der Waals surface area contributed by atoms with Crippen LogP contribution < -0.4 is 5.32 Å². The first-order chi connectivity index (χ1) is 11.7. The van der Waals surface area contributed by atoms with Crippen molar-refractivity contribution < 1.29 is 9.32 Å². The molecule has 2 aromatic carbocycles. The van der Waals surface area contributed by atoms with E-state index < -0.39 is 0 Å². The first-order valence-corrected chi connectivity index (χ1v) is 7.91. The van der Waals surface area contributed by atoms with Crippen LogP contribution in [0.15, 0.2) is 59.1 Å². The molecule has 5 nitrogen and oxygen atoms in total. The number of benzene rings is 2. The van der Waals surface area contributed by atoms with Gasteiger partial charge in [0, 0.05) is 24.9 Å². The van der Waals surface area contributed by atoms with Crippen LogP contribution in [0.2, 0.25) is 0 Å². The van der Waals surface area contributed by atoms with E-state index in [2.05, 4.69) is 15.5 Å². The Balaban J connectivity index is 1.52. The Bertz CT molecular complexity index is 812. The van der Waals surface area contributed by atoms with E-state index in [1.165, 1.54) is 0 Å². The van der Waals surface area contributed by atoms with Crippen LogP contribution in [0.1, 0.15) is 23.4 Å². The minimum Gasteiger partial charge on any atom is -0.352 e. The van der Waals surface area contributed by atoms with E-state index in [-0.39, 0.29) is 5.91 Å². The second kappa shape index (κ2) is 7.55. The zero-order valence-electron chi connectivity index (χ0n) is 13.5. The van der Waals surface area contributed by atoms with Gasteiger partial charge in [-0.2, -0.15) is 4.98 Å². The van der Waals surface area contributed by atoms with Gasteiger partial charge in [0.15, 0.2) is 0 Å². The molecule has 3 rings (SSSR count). The Morgan fingerprint density at radius 2 is 1.83 bits per heavy atom. The molecule has 0 spiro atoms. The van der Waals surface area contributed by atoms with Crippen LogP contribution in [-0.4, -0.2) is 16.0 Å². The van der Waals surface area contributed by atoms with Crippen LogP contribution in [0, 0.1) is 6.92 Å². The SMILES string of the molecule is Cc1ccccc1-c1noc(CCC(=O)NCc2ccccc2)n1. The van der Waals surface area contributed by atoms with Gasteiger partial charge in [0.2, 0.25) is 17.6 Å². The van der Waals surface area contributed by atoms with Gasteiger partial charge in [-0.1, -0.05) is 59.8 Å². The standard InChI is InChI=1S/C19H19N3O2/c1-14-7-5-6-10-16(14)19-21-18(24-22-19)12-11-17(23)20-13-15-8-3-2-4-9-15/h2-10H,11-13H2,1H3,(H,20,23). The first kappa shape index (κ1) is 15.9. The number of carbonyl (C=O) groups excluding carboxylic acids is 1. The summed E-state index contributed by atoms with van der Waals surface area (Å²) >= 11 is 0. The van der Waals surface area contributed by atoms with Gasteiger partial charge >= 0.3 is 0 Å². The Hall–Kier alpha value is -2.95. The molecule has 1 heterocycles. The van der Waals surface area contributed by atoms with Crippen LogP contribution in [0.4, 0.5) is 0 Å². The summed E-state index contributed by atoms with van der Waals surface area (Å²) < 4.78 is 5.25. The van der Waals surface area contributed by atoms with Crippen LogP contribution in [0.5, 0.6) is 0 Å². The molecule has 24 heavy (non-hydrogen) atoms. The largest absolute Gasteiger partial charge is 0.352 e. The zero-order chi connectivity index (χ0) is 16.8. The average molecular weight is 321 g/mol. The number of hydrogen-bond acceptors (Lipinski definition) is 4. The molecule has 0 atom stereocenters. The summed E-state index contributed by atoms with van der Waals surface area (Å²) in [5.41, 5.74) is 3.11. The minimum atomic E-state index is -0.0329. The molecule has 1 aromatic heterocycles. The predicted molar refractivity (Wildman–Crippen MR) is 91.1 cm³/mol. The van der Waals surface area contributed by atoms with E-state index in [1.807, 2.05) is 61.5 Å². The molecule has 0 aliphatic heterocycles. The normalized spacial score (nSPS) is 10.5. The number of rotatable bonds is 6. The van der Waals surface area contributed by atoms with E-state index in [1.54, 1.807) is 0 Å². The summed E-state index contributed by atoms with van der Waals surface area (Å²) in [5, 5.41) is 6.89. The van der Waals surface area contributed by atoms with E-state index in [0.29, 0.717) is 31.1 Å². The fraction of sp³-hybridized carbons (Fsp3) is 0.211. The van der Waals surface area contributed by atoms with Crippen molar-refractivity contribution in [1.29, 1.82) is 0 Å². The second-order valence-electron chi connectivity index (χ2n) is 5.59. The summed E-state index contributed by atoms with van der Waals surface area (Å²) in [4.78, 5) is 16.3. The molecule has 0 aliphatic carbocycles. The average Bonchev–Trinajstić information content (AvgIpc) is 3.08. The quantitative estimate of drug-likeness (QED) is 0.756. The molecule has 1 amide bonds. The number of hydrogen-bond donors (Lipinski definition) is 1. The van der Waals surface area contributed by atoms with Gasteiger partial charge in [0.05, 0.1) is 0 Å². The van der Waals surface area contributed by atoms with Crippen molar-refractivity contribution in [1.82, 2.24) is 15.5 Å². The highest BCUT2D eigenvalue weighted by Gasteiger charge is 2.11. The lowest BCUT2D eigenvalue weighted by atomic mass is 10.1. The number of carbonyl (C=O) groups is 1. The van der Waals surface area contributed by atoms with Crippen molar-refractivity contribution in [3.05, 3.63) is 71.6 Å². The van der Waals surface area contributed by atoms with Crippen molar-refractivity contribution in [2.75, 3.05) is 0 Å². The second-order valence-corrected chi connectivity index (χ2v) is 5.59. The molecular weight excluding hydrogens is 302 g/mol. The topological polar surface area (TPSA) is 68.0 Å². The van der Waals surface area contributed by atoms with Crippen LogP contribution in [0.3, 0.4) is 0 Å². The van der Waals surface area contributed by atoms with Crippen LogP contribution in [0.25, 0.3) is 11.4 Å². The molecule has 0 unspecified atom stereocenters. The van der Waals surface area contributed by atoms with E-state index in [4.69, 9.17) is 4.52 Å². The van der Waals surface area contributed by atoms with Crippen molar-refractivity contribution in [3.63, 3.8) is 0 Å². The van der Waals surface area contributed by atoms with Gasteiger partial charge < -0.3 is 9.84 Å².